The highest BCUT2D eigenvalue weighted by Gasteiger charge is 2.24. The van der Waals surface area contributed by atoms with Gasteiger partial charge in [-0.1, -0.05) is 146 Å². The molecule has 0 N–H and O–H groups in total. The number of benzene rings is 9. The third kappa shape index (κ3) is 4.97. The predicted octanol–water partition coefficient (Wildman–Crippen LogP) is 15.5. The van der Waals surface area contributed by atoms with Crippen molar-refractivity contribution in [3.05, 3.63) is 188 Å². The van der Waals surface area contributed by atoms with Crippen molar-refractivity contribution in [2.24, 2.45) is 0 Å². The van der Waals surface area contributed by atoms with E-state index in [1.165, 1.54) is 89.8 Å². The largest absolute Gasteiger partial charge is 0.308 e. The molecule has 3 heteroatoms. The van der Waals surface area contributed by atoms with E-state index in [2.05, 4.69) is 193 Å². The van der Waals surface area contributed by atoms with Gasteiger partial charge in [-0.05, 0) is 80.7 Å². The normalized spacial score (nSPS) is 11.8. The first-order valence-corrected chi connectivity index (χ1v) is 19.6. The van der Waals surface area contributed by atoms with E-state index in [0.29, 0.717) is 0 Å². The summed E-state index contributed by atoms with van der Waals surface area (Å²) < 4.78 is 5.18. The minimum atomic E-state index is 1.13. The number of hydrogen-bond donors (Lipinski definition) is 0. The van der Waals surface area contributed by atoms with Crippen molar-refractivity contribution < 1.29 is 0 Å². The van der Waals surface area contributed by atoms with Crippen LogP contribution in [0, 0.1) is 0 Å². The Morgan fingerprint density at radius 2 is 0.925 bits per heavy atom. The molecule has 0 amide bonds. The molecule has 0 radical (unpaired) electrons. The van der Waals surface area contributed by atoms with Gasteiger partial charge in [0.25, 0.3) is 0 Å². The highest BCUT2D eigenvalue weighted by molar-refractivity contribution is 7.26. The van der Waals surface area contributed by atoms with Gasteiger partial charge >= 0.3 is 0 Å². The summed E-state index contributed by atoms with van der Waals surface area (Å²) in [6.07, 6.45) is 0. The lowest BCUT2D eigenvalue weighted by atomic mass is 9.94. The van der Waals surface area contributed by atoms with Crippen molar-refractivity contribution in [2.75, 3.05) is 4.90 Å². The fourth-order valence-corrected chi connectivity index (χ4v) is 10.5. The van der Waals surface area contributed by atoms with Crippen LogP contribution in [-0.2, 0) is 0 Å². The molecule has 2 heterocycles. The van der Waals surface area contributed by atoms with Gasteiger partial charge in [-0.15, -0.1) is 22.7 Å². The summed E-state index contributed by atoms with van der Waals surface area (Å²) in [5.74, 6) is 0. The summed E-state index contributed by atoms with van der Waals surface area (Å²) in [6.45, 7) is 0. The van der Waals surface area contributed by atoms with Gasteiger partial charge < -0.3 is 4.90 Å². The summed E-state index contributed by atoms with van der Waals surface area (Å²) in [5, 5.41) is 10.2. The molecule has 0 saturated heterocycles. The zero-order valence-electron chi connectivity index (χ0n) is 28.7. The van der Waals surface area contributed by atoms with E-state index in [4.69, 9.17) is 0 Å². The maximum absolute atomic E-state index is 2.52. The molecule has 0 unspecified atom stereocenters. The van der Waals surface area contributed by atoms with E-state index < -0.39 is 0 Å². The maximum Gasteiger partial charge on any atom is 0.0718 e. The van der Waals surface area contributed by atoms with Crippen LogP contribution in [0.3, 0.4) is 0 Å². The molecule has 1 nitrogen and oxygen atoms in total. The summed E-state index contributed by atoms with van der Waals surface area (Å²) in [4.78, 5) is 2.52. The zero-order chi connectivity index (χ0) is 34.9. The topological polar surface area (TPSA) is 3.24 Å². The van der Waals surface area contributed by atoms with Gasteiger partial charge in [-0.3, -0.25) is 0 Å². The SMILES string of the molecule is c1ccc2cc(-c3ccc(N(c4ccc5c(c4)sc4ccccc45)c4c(-c5cccc6ccccc56)ccc5c4sc4ccccc45)cc3)ccc2c1. The molecule has 53 heavy (non-hydrogen) atoms. The lowest BCUT2D eigenvalue weighted by Crippen LogP contribution is -2.11. The van der Waals surface area contributed by atoms with Crippen molar-refractivity contribution >= 4 is 102 Å². The Morgan fingerprint density at radius 1 is 0.321 bits per heavy atom. The Morgan fingerprint density at radius 3 is 1.75 bits per heavy atom. The fourth-order valence-electron chi connectivity index (χ4n) is 8.11. The molecule has 0 saturated carbocycles. The minimum Gasteiger partial charge on any atom is -0.308 e. The van der Waals surface area contributed by atoms with Crippen molar-refractivity contribution in [3.8, 4) is 22.3 Å². The summed E-state index contributed by atoms with van der Waals surface area (Å²) in [6, 6.07) is 69.3. The van der Waals surface area contributed by atoms with Crippen LogP contribution in [0.1, 0.15) is 0 Å². The number of hydrogen-bond acceptors (Lipinski definition) is 3. The van der Waals surface area contributed by atoms with Gasteiger partial charge in [0.05, 0.1) is 10.4 Å². The van der Waals surface area contributed by atoms with Crippen LogP contribution in [0.5, 0.6) is 0 Å². The lowest BCUT2D eigenvalue weighted by molar-refractivity contribution is 1.31. The van der Waals surface area contributed by atoms with E-state index in [9.17, 15) is 0 Å². The van der Waals surface area contributed by atoms with Gasteiger partial charge in [0, 0.05) is 52.6 Å². The van der Waals surface area contributed by atoms with Gasteiger partial charge in [0.2, 0.25) is 0 Å². The molecule has 0 atom stereocenters. The molecule has 2 aromatic heterocycles. The number of nitrogens with zero attached hydrogens (tertiary/aromatic N) is 1. The van der Waals surface area contributed by atoms with Gasteiger partial charge in [-0.25, -0.2) is 0 Å². The first kappa shape index (κ1) is 30.4. The average molecular weight is 710 g/mol. The second-order valence-corrected chi connectivity index (χ2v) is 15.8. The van der Waals surface area contributed by atoms with Crippen LogP contribution in [0.25, 0.3) is 84.1 Å². The molecule has 11 aromatic rings. The third-order valence-electron chi connectivity index (χ3n) is 10.7. The number of anilines is 3. The molecule has 0 aliphatic heterocycles. The van der Waals surface area contributed by atoms with Crippen molar-refractivity contribution in [1.82, 2.24) is 0 Å². The first-order chi connectivity index (χ1) is 26.3. The molecule has 248 valence electrons. The van der Waals surface area contributed by atoms with Crippen molar-refractivity contribution in [1.29, 1.82) is 0 Å². The molecule has 11 rings (SSSR count). The van der Waals surface area contributed by atoms with E-state index >= 15 is 0 Å². The summed E-state index contributed by atoms with van der Waals surface area (Å²) >= 11 is 3.76. The van der Waals surface area contributed by atoms with Crippen molar-refractivity contribution in [3.63, 3.8) is 0 Å². The Bertz CT molecular complexity index is 3180. The standard InChI is InChI=1S/C50H31NS2/c1-2-12-35-30-36(21-20-32(35)10-1)33-22-24-37(25-23-33)51(38-26-27-43-41-15-5-7-18-46(41)52-48(43)31-38)49-44(40-17-9-13-34-11-3-4-14-39(34)40)28-29-45-42-16-6-8-19-47(42)53-50(45)49/h1-31H. The fraction of sp³-hybridized carbons (Fsp3) is 0. The third-order valence-corrected chi connectivity index (χ3v) is 13.0. The highest BCUT2D eigenvalue weighted by Crippen LogP contribution is 2.51. The van der Waals surface area contributed by atoms with E-state index in [0.717, 1.165) is 11.4 Å². The monoisotopic (exact) mass is 709 g/mol. The molecular formula is C50H31NS2. The van der Waals surface area contributed by atoms with Crippen LogP contribution in [0.2, 0.25) is 0 Å². The zero-order valence-corrected chi connectivity index (χ0v) is 30.3. The van der Waals surface area contributed by atoms with Gasteiger partial charge in [0.15, 0.2) is 0 Å². The average Bonchev–Trinajstić information content (AvgIpc) is 3.79. The first-order valence-electron chi connectivity index (χ1n) is 18.0. The Kier molecular flexibility index (Phi) is 6.97. The predicted molar refractivity (Wildman–Crippen MR) is 233 cm³/mol. The van der Waals surface area contributed by atoms with E-state index in [1.807, 2.05) is 22.7 Å². The van der Waals surface area contributed by atoms with Crippen LogP contribution < -0.4 is 4.90 Å². The number of fused-ring (bicyclic) bond motifs is 8. The molecule has 9 aromatic carbocycles. The van der Waals surface area contributed by atoms with E-state index in [1.54, 1.807) is 0 Å². The van der Waals surface area contributed by atoms with Crippen molar-refractivity contribution in [2.45, 2.75) is 0 Å². The quantitative estimate of drug-likeness (QED) is 0.172. The maximum atomic E-state index is 2.52. The second kappa shape index (κ2) is 12.2. The van der Waals surface area contributed by atoms with Gasteiger partial charge in [0.1, 0.15) is 0 Å². The van der Waals surface area contributed by atoms with Gasteiger partial charge in [-0.2, -0.15) is 0 Å². The smallest absolute Gasteiger partial charge is 0.0718 e. The van der Waals surface area contributed by atoms with Crippen LogP contribution in [0.4, 0.5) is 17.1 Å². The Balaban J connectivity index is 1.20. The summed E-state index contributed by atoms with van der Waals surface area (Å²) in [7, 11) is 0. The second-order valence-electron chi connectivity index (χ2n) is 13.7. The molecule has 0 aliphatic rings. The van der Waals surface area contributed by atoms with Crippen LogP contribution in [-0.4, -0.2) is 0 Å². The van der Waals surface area contributed by atoms with Crippen LogP contribution >= 0.6 is 22.7 Å². The van der Waals surface area contributed by atoms with Crippen LogP contribution in [0.15, 0.2) is 188 Å². The molecule has 0 aliphatic carbocycles. The lowest BCUT2D eigenvalue weighted by Gasteiger charge is -2.29. The summed E-state index contributed by atoms with van der Waals surface area (Å²) in [5.41, 5.74) is 8.36. The van der Waals surface area contributed by atoms with E-state index in [-0.39, 0.29) is 0 Å². The number of rotatable bonds is 5. The minimum absolute atomic E-state index is 1.13. The Labute approximate surface area is 315 Å². The molecule has 0 spiro atoms. The highest BCUT2D eigenvalue weighted by atomic mass is 32.1. The Hall–Kier alpha value is -6.26. The number of thiophene rings is 2. The molecule has 0 fully saturated rings. The molecule has 0 bridgehead atoms. The molecular weight excluding hydrogens is 679 g/mol.